The molecule has 100 valence electrons. The van der Waals surface area contributed by atoms with E-state index in [0.29, 0.717) is 12.5 Å². The van der Waals surface area contributed by atoms with Crippen molar-refractivity contribution in [3.05, 3.63) is 23.8 Å². The van der Waals surface area contributed by atoms with Gasteiger partial charge in [-0.3, -0.25) is 4.79 Å². The van der Waals surface area contributed by atoms with E-state index in [-0.39, 0.29) is 22.2 Å². The molecule has 0 bridgehead atoms. The first kappa shape index (κ1) is 14.8. The van der Waals surface area contributed by atoms with Gasteiger partial charge in [-0.15, -0.1) is 11.8 Å². The second-order valence-corrected chi connectivity index (χ2v) is 5.29. The van der Waals surface area contributed by atoms with E-state index < -0.39 is 11.6 Å². The van der Waals surface area contributed by atoms with E-state index >= 15 is 0 Å². The lowest BCUT2D eigenvalue weighted by atomic mass is 10.2. The lowest BCUT2D eigenvalue weighted by molar-refractivity contribution is -0.118. The summed E-state index contributed by atoms with van der Waals surface area (Å²) in [6.07, 6.45) is 0. The summed E-state index contributed by atoms with van der Waals surface area (Å²) in [6.45, 7) is 4.48. The third-order valence-electron chi connectivity index (χ3n) is 2.08. The van der Waals surface area contributed by atoms with Crippen molar-refractivity contribution < 1.29 is 13.6 Å². The fraction of sp³-hybridized carbons (Fsp3) is 0.417. The molecular formula is C12H16F2N2OS. The lowest BCUT2D eigenvalue weighted by Gasteiger charge is -2.08. The van der Waals surface area contributed by atoms with Crippen LogP contribution in [0.4, 0.5) is 14.5 Å². The minimum atomic E-state index is -0.742. The van der Waals surface area contributed by atoms with Crippen molar-refractivity contribution in [2.45, 2.75) is 18.7 Å². The van der Waals surface area contributed by atoms with E-state index in [9.17, 15) is 13.6 Å². The Morgan fingerprint density at radius 2 is 1.94 bits per heavy atom. The molecule has 0 unspecified atom stereocenters. The normalized spacial score (nSPS) is 10.7. The van der Waals surface area contributed by atoms with E-state index in [1.165, 1.54) is 0 Å². The highest BCUT2D eigenvalue weighted by Crippen LogP contribution is 2.26. The predicted molar refractivity (Wildman–Crippen MR) is 69.3 cm³/mol. The number of nitrogens with one attached hydrogen (secondary N) is 1. The van der Waals surface area contributed by atoms with Gasteiger partial charge in [0.05, 0.1) is 10.6 Å². The van der Waals surface area contributed by atoms with E-state index in [1.54, 1.807) is 0 Å². The van der Waals surface area contributed by atoms with Crippen LogP contribution >= 0.6 is 11.8 Å². The van der Waals surface area contributed by atoms with Crippen LogP contribution < -0.4 is 11.1 Å². The first-order valence-corrected chi connectivity index (χ1v) is 6.52. The molecule has 6 heteroatoms. The largest absolute Gasteiger partial charge is 0.399 e. The third kappa shape index (κ3) is 4.52. The summed E-state index contributed by atoms with van der Waals surface area (Å²) in [4.78, 5) is 11.2. The number of carbonyl (C=O) groups excluding carboxylic acids is 1. The SMILES string of the molecule is CC(C)CNC(=O)CSc1c(F)cc(N)cc1F. The summed E-state index contributed by atoms with van der Waals surface area (Å²) in [5, 5.41) is 2.67. The van der Waals surface area contributed by atoms with E-state index in [4.69, 9.17) is 5.73 Å². The van der Waals surface area contributed by atoms with Crippen LogP contribution in [0.25, 0.3) is 0 Å². The monoisotopic (exact) mass is 274 g/mol. The quantitative estimate of drug-likeness (QED) is 0.640. The molecule has 0 aliphatic carbocycles. The summed E-state index contributed by atoms with van der Waals surface area (Å²) in [5.41, 5.74) is 5.32. The summed E-state index contributed by atoms with van der Waals surface area (Å²) < 4.78 is 26.8. The molecule has 0 aliphatic rings. The summed E-state index contributed by atoms with van der Waals surface area (Å²) in [7, 11) is 0. The summed E-state index contributed by atoms with van der Waals surface area (Å²) in [6, 6.07) is 2.08. The fourth-order valence-electron chi connectivity index (χ4n) is 1.22. The van der Waals surface area contributed by atoms with Gasteiger partial charge in [0.25, 0.3) is 0 Å². The number of hydrogen-bond acceptors (Lipinski definition) is 3. The molecule has 0 radical (unpaired) electrons. The number of halogens is 2. The summed E-state index contributed by atoms with van der Waals surface area (Å²) in [5.74, 6) is -1.42. The van der Waals surface area contributed by atoms with Crippen molar-refractivity contribution in [1.29, 1.82) is 0 Å². The molecule has 3 nitrogen and oxygen atoms in total. The van der Waals surface area contributed by atoms with Gasteiger partial charge in [-0.25, -0.2) is 8.78 Å². The van der Waals surface area contributed by atoms with Crippen LogP contribution in [0.3, 0.4) is 0 Å². The zero-order valence-corrected chi connectivity index (χ0v) is 11.1. The molecule has 0 spiro atoms. The first-order chi connectivity index (χ1) is 8.40. The first-order valence-electron chi connectivity index (χ1n) is 5.54. The zero-order valence-electron chi connectivity index (χ0n) is 10.3. The fourth-order valence-corrected chi connectivity index (χ4v) is 2.00. The second kappa shape index (κ2) is 6.58. The van der Waals surface area contributed by atoms with Gasteiger partial charge >= 0.3 is 0 Å². The Morgan fingerprint density at radius 1 is 1.39 bits per heavy atom. The van der Waals surface area contributed by atoms with Crippen LogP contribution in [-0.2, 0) is 4.79 Å². The molecule has 3 N–H and O–H groups in total. The van der Waals surface area contributed by atoms with Gasteiger partial charge in [0, 0.05) is 12.2 Å². The number of rotatable bonds is 5. The van der Waals surface area contributed by atoms with E-state index in [1.807, 2.05) is 13.8 Å². The molecular weight excluding hydrogens is 258 g/mol. The number of nitrogen functional groups attached to an aromatic ring is 1. The number of anilines is 1. The highest BCUT2D eigenvalue weighted by Gasteiger charge is 2.13. The molecule has 0 saturated heterocycles. The Morgan fingerprint density at radius 3 is 2.44 bits per heavy atom. The number of nitrogens with two attached hydrogens (primary N) is 1. The maximum absolute atomic E-state index is 13.4. The highest BCUT2D eigenvalue weighted by molar-refractivity contribution is 8.00. The molecule has 0 aromatic heterocycles. The Bertz CT molecular complexity index is 415. The van der Waals surface area contributed by atoms with Gasteiger partial charge in [0.2, 0.25) is 5.91 Å². The van der Waals surface area contributed by atoms with Crippen LogP contribution in [0.5, 0.6) is 0 Å². The second-order valence-electron chi connectivity index (χ2n) is 4.30. The minimum absolute atomic E-state index is 0.0233. The molecule has 1 aromatic rings. The molecule has 0 atom stereocenters. The van der Waals surface area contributed by atoms with Crippen molar-refractivity contribution >= 4 is 23.4 Å². The zero-order chi connectivity index (χ0) is 13.7. The third-order valence-corrected chi connectivity index (χ3v) is 3.16. The van der Waals surface area contributed by atoms with Crippen molar-refractivity contribution in [3.63, 3.8) is 0 Å². The van der Waals surface area contributed by atoms with Crippen molar-refractivity contribution in [2.75, 3.05) is 18.0 Å². The van der Waals surface area contributed by atoms with Crippen LogP contribution in [0.1, 0.15) is 13.8 Å². The Hall–Kier alpha value is -1.30. The van der Waals surface area contributed by atoms with E-state index in [2.05, 4.69) is 5.32 Å². The Balaban J connectivity index is 2.56. The molecule has 1 aromatic carbocycles. The Kier molecular flexibility index (Phi) is 5.40. The molecule has 18 heavy (non-hydrogen) atoms. The molecule has 0 saturated carbocycles. The molecule has 0 aliphatic heterocycles. The smallest absolute Gasteiger partial charge is 0.230 e. The predicted octanol–water partition coefficient (Wildman–Crippen LogP) is 2.41. The van der Waals surface area contributed by atoms with Crippen molar-refractivity contribution in [3.8, 4) is 0 Å². The maximum Gasteiger partial charge on any atom is 0.230 e. The Labute approximate surface area is 109 Å². The molecule has 1 amide bonds. The van der Waals surface area contributed by atoms with Crippen LogP contribution in [0.2, 0.25) is 0 Å². The average Bonchev–Trinajstić information content (AvgIpc) is 2.24. The number of hydrogen-bond donors (Lipinski definition) is 2. The highest BCUT2D eigenvalue weighted by atomic mass is 32.2. The number of thioether (sulfide) groups is 1. The van der Waals surface area contributed by atoms with Gasteiger partial charge in [-0.05, 0) is 18.1 Å². The van der Waals surface area contributed by atoms with Crippen LogP contribution in [0.15, 0.2) is 17.0 Å². The number of carbonyl (C=O) groups is 1. The average molecular weight is 274 g/mol. The standard InChI is InChI=1S/C12H16F2N2OS/c1-7(2)5-16-11(17)6-18-12-9(13)3-8(15)4-10(12)14/h3-4,7H,5-6,15H2,1-2H3,(H,16,17). The van der Waals surface area contributed by atoms with Gasteiger partial charge < -0.3 is 11.1 Å². The number of benzene rings is 1. The van der Waals surface area contributed by atoms with Crippen molar-refractivity contribution in [1.82, 2.24) is 5.32 Å². The molecule has 0 heterocycles. The van der Waals surface area contributed by atoms with E-state index in [0.717, 1.165) is 23.9 Å². The van der Waals surface area contributed by atoms with Crippen LogP contribution in [0, 0.1) is 17.6 Å². The molecule has 0 fully saturated rings. The minimum Gasteiger partial charge on any atom is -0.399 e. The molecule has 1 rings (SSSR count). The topological polar surface area (TPSA) is 55.1 Å². The van der Waals surface area contributed by atoms with Crippen molar-refractivity contribution in [2.24, 2.45) is 5.92 Å². The van der Waals surface area contributed by atoms with Crippen LogP contribution in [-0.4, -0.2) is 18.2 Å². The van der Waals surface area contributed by atoms with Gasteiger partial charge in [-0.2, -0.15) is 0 Å². The van der Waals surface area contributed by atoms with Gasteiger partial charge in [-0.1, -0.05) is 13.8 Å². The summed E-state index contributed by atoms with van der Waals surface area (Å²) >= 11 is 0.825. The lowest BCUT2D eigenvalue weighted by Crippen LogP contribution is -2.28. The van der Waals surface area contributed by atoms with Gasteiger partial charge in [0.15, 0.2) is 0 Å². The number of amides is 1. The van der Waals surface area contributed by atoms with Gasteiger partial charge in [0.1, 0.15) is 11.6 Å². The maximum atomic E-state index is 13.4.